The lowest BCUT2D eigenvalue weighted by molar-refractivity contribution is -0.139. The fourth-order valence-corrected chi connectivity index (χ4v) is 4.69. The number of rotatable bonds is 7. The highest BCUT2D eigenvalue weighted by Crippen LogP contribution is 2.36. The summed E-state index contributed by atoms with van der Waals surface area (Å²) in [6, 6.07) is 10.9. The molecule has 1 atom stereocenters. The van der Waals surface area contributed by atoms with E-state index in [1.54, 1.807) is 24.3 Å². The van der Waals surface area contributed by atoms with E-state index in [-0.39, 0.29) is 14.9 Å². The Kier molecular flexibility index (Phi) is 6.55. The Labute approximate surface area is 163 Å². The minimum atomic E-state index is -4.02. The van der Waals surface area contributed by atoms with E-state index in [4.69, 9.17) is 23.2 Å². The van der Waals surface area contributed by atoms with Crippen LogP contribution in [0.3, 0.4) is 0 Å². The van der Waals surface area contributed by atoms with Crippen molar-refractivity contribution in [2.45, 2.75) is 30.6 Å². The number of sulfonamides is 1. The molecule has 0 heterocycles. The first-order valence-corrected chi connectivity index (χ1v) is 10.2. The number of para-hydroxylation sites is 1. The zero-order valence-electron chi connectivity index (χ0n) is 14.3. The van der Waals surface area contributed by atoms with Gasteiger partial charge in [-0.25, -0.2) is 8.42 Å². The van der Waals surface area contributed by atoms with Crippen LogP contribution in [0.2, 0.25) is 10.0 Å². The summed E-state index contributed by atoms with van der Waals surface area (Å²) in [7, 11) is -2.65. The molecule has 5 nitrogen and oxygen atoms in total. The average molecular weight is 416 g/mol. The smallest absolute Gasteiger partial charge is 0.311 e. The van der Waals surface area contributed by atoms with Crippen LogP contribution in [-0.4, -0.2) is 26.5 Å². The standard InChI is InChI=1S/C18H19Cl2NO4S/c1-3-7-13(18(22)23)12-8-4-5-10-15(12)21(2)26(24,25)16-11-6-9-14(19)17(16)20/h4-6,8-11,13H,3,7H2,1-2H3,(H,22,23). The van der Waals surface area contributed by atoms with E-state index >= 15 is 0 Å². The lowest BCUT2D eigenvalue weighted by atomic mass is 9.93. The Morgan fingerprint density at radius 1 is 1.15 bits per heavy atom. The third kappa shape index (κ3) is 3.98. The molecule has 8 heteroatoms. The van der Waals surface area contributed by atoms with E-state index in [9.17, 15) is 18.3 Å². The van der Waals surface area contributed by atoms with Gasteiger partial charge in [0.15, 0.2) is 0 Å². The van der Waals surface area contributed by atoms with E-state index in [0.29, 0.717) is 24.1 Å². The number of aliphatic carboxylic acids is 1. The van der Waals surface area contributed by atoms with Crippen LogP contribution >= 0.6 is 23.2 Å². The van der Waals surface area contributed by atoms with Gasteiger partial charge in [0.2, 0.25) is 0 Å². The van der Waals surface area contributed by atoms with Crippen molar-refractivity contribution in [1.82, 2.24) is 0 Å². The maximum atomic E-state index is 13.0. The van der Waals surface area contributed by atoms with Crippen LogP contribution in [0.15, 0.2) is 47.4 Å². The van der Waals surface area contributed by atoms with Gasteiger partial charge in [0, 0.05) is 7.05 Å². The topological polar surface area (TPSA) is 74.7 Å². The summed E-state index contributed by atoms with van der Waals surface area (Å²) in [4.78, 5) is 11.5. The molecule has 140 valence electrons. The summed E-state index contributed by atoms with van der Waals surface area (Å²) in [6.07, 6.45) is 1.06. The van der Waals surface area contributed by atoms with Crippen molar-refractivity contribution in [3.63, 3.8) is 0 Å². The number of hydrogen-bond donors (Lipinski definition) is 1. The van der Waals surface area contributed by atoms with Crippen molar-refractivity contribution in [3.05, 3.63) is 58.1 Å². The van der Waals surface area contributed by atoms with Gasteiger partial charge in [0.05, 0.1) is 21.7 Å². The Morgan fingerprint density at radius 3 is 2.42 bits per heavy atom. The van der Waals surface area contributed by atoms with Gasteiger partial charge in [-0.15, -0.1) is 0 Å². The summed E-state index contributed by atoms with van der Waals surface area (Å²) in [5.41, 5.74) is 0.732. The zero-order valence-corrected chi connectivity index (χ0v) is 16.6. The first-order chi connectivity index (χ1) is 12.2. The van der Waals surface area contributed by atoms with Crippen molar-refractivity contribution in [3.8, 4) is 0 Å². The van der Waals surface area contributed by atoms with Crippen LogP contribution in [0.25, 0.3) is 0 Å². The van der Waals surface area contributed by atoms with Gasteiger partial charge in [-0.2, -0.15) is 0 Å². The van der Waals surface area contributed by atoms with Gasteiger partial charge < -0.3 is 5.11 Å². The Balaban J connectivity index is 2.58. The fourth-order valence-electron chi connectivity index (χ4n) is 2.73. The van der Waals surface area contributed by atoms with Crippen molar-refractivity contribution in [2.24, 2.45) is 0 Å². The van der Waals surface area contributed by atoms with Crippen molar-refractivity contribution < 1.29 is 18.3 Å². The monoisotopic (exact) mass is 415 g/mol. The van der Waals surface area contributed by atoms with Gasteiger partial charge in [-0.1, -0.05) is 60.8 Å². The molecule has 0 aliphatic carbocycles. The third-order valence-electron chi connectivity index (χ3n) is 4.08. The van der Waals surface area contributed by atoms with E-state index in [1.165, 1.54) is 25.2 Å². The SMILES string of the molecule is CCCC(C(=O)O)c1ccccc1N(C)S(=O)(=O)c1cccc(Cl)c1Cl. The molecule has 0 saturated heterocycles. The Hall–Kier alpha value is -1.76. The molecule has 0 aliphatic heterocycles. The second kappa shape index (κ2) is 8.29. The summed E-state index contributed by atoms with van der Waals surface area (Å²) >= 11 is 12.0. The molecular weight excluding hydrogens is 397 g/mol. The molecule has 0 saturated carbocycles. The van der Waals surface area contributed by atoms with E-state index in [2.05, 4.69) is 0 Å². The summed E-state index contributed by atoms with van der Waals surface area (Å²) in [6.45, 7) is 1.88. The largest absolute Gasteiger partial charge is 0.481 e. The summed E-state index contributed by atoms with van der Waals surface area (Å²) < 4.78 is 27.1. The number of carbonyl (C=O) groups is 1. The minimum absolute atomic E-state index is 0.0677. The molecule has 0 aromatic heterocycles. The normalized spacial score (nSPS) is 12.6. The summed E-state index contributed by atoms with van der Waals surface area (Å²) in [5, 5.41) is 9.62. The number of hydrogen-bond acceptors (Lipinski definition) is 3. The fraction of sp³-hybridized carbons (Fsp3) is 0.278. The van der Waals surface area contributed by atoms with Crippen LogP contribution in [-0.2, 0) is 14.8 Å². The molecule has 0 spiro atoms. The van der Waals surface area contributed by atoms with Gasteiger partial charge in [-0.3, -0.25) is 9.10 Å². The molecule has 0 bridgehead atoms. The average Bonchev–Trinajstić information content (AvgIpc) is 2.61. The second-order valence-corrected chi connectivity index (χ2v) is 8.49. The number of nitrogens with zero attached hydrogens (tertiary/aromatic N) is 1. The predicted molar refractivity (Wildman–Crippen MR) is 104 cm³/mol. The Bertz CT molecular complexity index is 915. The maximum absolute atomic E-state index is 13.0. The molecule has 2 aromatic carbocycles. The second-order valence-electron chi connectivity index (χ2n) is 5.76. The van der Waals surface area contributed by atoms with Crippen molar-refractivity contribution >= 4 is 44.9 Å². The lowest BCUT2D eigenvalue weighted by Gasteiger charge is -2.25. The first-order valence-electron chi connectivity index (χ1n) is 7.96. The molecule has 2 rings (SSSR count). The molecule has 0 fully saturated rings. The minimum Gasteiger partial charge on any atom is -0.481 e. The highest BCUT2D eigenvalue weighted by Gasteiger charge is 2.29. The van der Waals surface area contributed by atoms with Crippen LogP contribution in [0, 0.1) is 0 Å². The molecule has 1 unspecified atom stereocenters. The van der Waals surface area contributed by atoms with Crippen molar-refractivity contribution in [2.75, 3.05) is 11.4 Å². The van der Waals surface area contributed by atoms with Gasteiger partial charge in [-0.05, 0) is 30.2 Å². The van der Waals surface area contributed by atoms with E-state index in [1.807, 2.05) is 6.92 Å². The highest BCUT2D eigenvalue weighted by molar-refractivity contribution is 7.93. The van der Waals surface area contributed by atoms with E-state index < -0.39 is 21.9 Å². The van der Waals surface area contributed by atoms with Crippen LogP contribution in [0.1, 0.15) is 31.2 Å². The number of anilines is 1. The third-order valence-corrected chi connectivity index (χ3v) is 6.83. The highest BCUT2D eigenvalue weighted by atomic mass is 35.5. The van der Waals surface area contributed by atoms with Crippen LogP contribution in [0.4, 0.5) is 5.69 Å². The number of benzene rings is 2. The van der Waals surface area contributed by atoms with Gasteiger partial charge in [0.1, 0.15) is 4.90 Å². The first kappa shape index (κ1) is 20.6. The number of carboxylic acids is 1. The molecule has 26 heavy (non-hydrogen) atoms. The summed E-state index contributed by atoms with van der Waals surface area (Å²) in [5.74, 6) is -1.80. The molecule has 0 radical (unpaired) electrons. The zero-order chi connectivity index (χ0) is 19.5. The van der Waals surface area contributed by atoms with E-state index in [0.717, 1.165) is 4.31 Å². The molecule has 0 aliphatic rings. The van der Waals surface area contributed by atoms with Crippen LogP contribution < -0.4 is 4.31 Å². The van der Waals surface area contributed by atoms with Crippen LogP contribution in [0.5, 0.6) is 0 Å². The Morgan fingerprint density at radius 2 is 1.81 bits per heavy atom. The molecule has 1 N–H and O–H groups in total. The van der Waals surface area contributed by atoms with Gasteiger partial charge >= 0.3 is 5.97 Å². The van der Waals surface area contributed by atoms with Crippen molar-refractivity contribution in [1.29, 1.82) is 0 Å². The predicted octanol–water partition coefficient (Wildman–Crippen LogP) is 4.79. The maximum Gasteiger partial charge on any atom is 0.311 e. The molecular formula is C18H19Cl2NO4S. The molecule has 0 amide bonds. The number of halogens is 2. The number of carboxylic acid groups (broad SMARTS) is 1. The van der Waals surface area contributed by atoms with Gasteiger partial charge in [0.25, 0.3) is 10.0 Å². The lowest BCUT2D eigenvalue weighted by Crippen LogP contribution is -2.29. The quantitative estimate of drug-likeness (QED) is 0.705. The molecule has 2 aromatic rings.